The normalized spacial score (nSPS) is 11.8. The lowest BCUT2D eigenvalue weighted by molar-refractivity contribution is -0.116. The van der Waals surface area contributed by atoms with Crippen LogP contribution in [-0.4, -0.2) is 17.7 Å². The molecule has 0 saturated carbocycles. The fraction of sp³-hybridized carbons (Fsp3) is 0.0278. The number of thioether (sulfide) groups is 1. The molecule has 0 spiro atoms. The van der Waals surface area contributed by atoms with E-state index in [4.69, 9.17) is 23.2 Å². The smallest absolute Gasteiger partial charge is 0.272 e. The molecule has 0 radical (unpaired) electrons. The first-order valence-corrected chi connectivity index (χ1v) is 15.6. The van der Waals surface area contributed by atoms with E-state index < -0.39 is 22.9 Å². The molecule has 5 rings (SSSR count). The lowest BCUT2D eigenvalue weighted by Crippen LogP contribution is -2.30. The second-order valence-electron chi connectivity index (χ2n) is 9.90. The molecule has 5 aromatic carbocycles. The Bertz CT molecular complexity index is 1910. The van der Waals surface area contributed by atoms with E-state index in [1.807, 2.05) is 36.4 Å². The van der Waals surface area contributed by atoms with Gasteiger partial charge in [-0.2, -0.15) is 0 Å². The molecule has 0 aromatic heterocycles. The molecule has 1 atom stereocenters. The minimum absolute atomic E-state index is 0.127. The van der Waals surface area contributed by atoms with E-state index in [-0.39, 0.29) is 17.2 Å². The molecule has 0 saturated heterocycles. The highest BCUT2D eigenvalue weighted by atomic mass is 35.5. The van der Waals surface area contributed by atoms with E-state index in [0.717, 1.165) is 5.56 Å². The Kier molecular flexibility index (Phi) is 10.9. The molecule has 0 aliphatic heterocycles. The van der Waals surface area contributed by atoms with Crippen molar-refractivity contribution in [3.05, 3.63) is 166 Å². The molecule has 3 amide bonds. The summed E-state index contributed by atoms with van der Waals surface area (Å²) in [5, 5.41) is 8.34. The first-order chi connectivity index (χ1) is 22.3. The van der Waals surface area contributed by atoms with Crippen LogP contribution >= 0.6 is 35.0 Å². The predicted octanol–water partition coefficient (Wildman–Crippen LogP) is 9.01. The predicted molar refractivity (Wildman–Crippen MR) is 183 cm³/mol. The average molecular weight is 671 g/mol. The first kappa shape index (κ1) is 32.5. The van der Waals surface area contributed by atoms with E-state index in [1.165, 1.54) is 36.0 Å². The Morgan fingerprint density at radius 3 is 2.17 bits per heavy atom. The molecule has 230 valence electrons. The van der Waals surface area contributed by atoms with E-state index in [0.29, 0.717) is 31.9 Å². The Balaban J connectivity index is 1.39. The van der Waals surface area contributed by atoms with Crippen LogP contribution in [0.5, 0.6) is 0 Å². The van der Waals surface area contributed by atoms with E-state index in [1.54, 1.807) is 72.8 Å². The van der Waals surface area contributed by atoms with E-state index in [9.17, 15) is 18.8 Å². The van der Waals surface area contributed by atoms with Gasteiger partial charge in [-0.3, -0.25) is 14.4 Å². The molecular formula is C36H26Cl2FN3O3S. The van der Waals surface area contributed by atoms with Gasteiger partial charge in [-0.1, -0.05) is 96.0 Å². The van der Waals surface area contributed by atoms with E-state index in [2.05, 4.69) is 16.0 Å². The number of hydrogen-bond acceptors (Lipinski definition) is 4. The molecule has 3 N–H and O–H groups in total. The summed E-state index contributed by atoms with van der Waals surface area (Å²) in [6, 6.07) is 35.3. The summed E-state index contributed by atoms with van der Waals surface area (Å²) in [5.41, 5.74) is 1.83. The van der Waals surface area contributed by atoms with Gasteiger partial charge >= 0.3 is 0 Å². The summed E-state index contributed by atoms with van der Waals surface area (Å²) in [6.07, 6.45) is 1.28. The van der Waals surface area contributed by atoms with E-state index >= 15 is 0 Å². The number of halogens is 3. The second-order valence-corrected chi connectivity index (χ2v) is 11.9. The van der Waals surface area contributed by atoms with Crippen molar-refractivity contribution in [1.29, 1.82) is 0 Å². The van der Waals surface area contributed by atoms with Crippen LogP contribution in [0.2, 0.25) is 10.0 Å². The standard InChI is InChI=1S/C36H26Cl2FN3O3S/c37-26-18-19-29(38)31(21-26)41-36(45)33(23-10-3-1-4-11-23)46-28-16-9-15-27(22-28)40-35(44)32(20-25-14-7-8-17-30(25)39)42-34(43)24-12-5-2-6-13-24/h1-22,33H,(H,40,44)(H,41,45)(H,42,43)/b32-20-. The summed E-state index contributed by atoms with van der Waals surface area (Å²) in [7, 11) is 0. The summed E-state index contributed by atoms with van der Waals surface area (Å²) in [5.74, 6) is -2.07. The third-order valence-electron chi connectivity index (χ3n) is 6.61. The molecule has 46 heavy (non-hydrogen) atoms. The molecule has 0 heterocycles. The summed E-state index contributed by atoms with van der Waals surface area (Å²) in [6.45, 7) is 0. The summed E-state index contributed by atoms with van der Waals surface area (Å²) < 4.78 is 14.5. The third-order valence-corrected chi connectivity index (χ3v) is 8.42. The zero-order valence-electron chi connectivity index (χ0n) is 24.0. The van der Waals surface area contributed by atoms with Gasteiger partial charge in [-0.05, 0) is 66.2 Å². The SMILES string of the molecule is O=C(Nc1cccc(SC(C(=O)Nc2cc(Cl)ccc2Cl)c2ccccc2)c1)/C(=C/c1ccccc1F)NC(=O)c1ccccc1. The summed E-state index contributed by atoms with van der Waals surface area (Å²) >= 11 is 13.7. The largest absolute Gasteiger partial charge is 0.323 e. The number of hydrogen-bond donors (Lipinski definition) is 3. The maximum Gasteiger partial charge on any atom is 0.272 e. The fourth-order valence-electron chi connectivity index (χ4n) is 4.36. The van der Waals surface area contributed by atoms with Gasteiger partial charge in [-0.25, -0.2) is 4.39 Å². The van der Waals surface area contributed by atoms with Gasteiger partial charge in [-0.15, -0.1) is 11.8 Å². The number of benzene rings is 5. The molecule has 10 heteroatoms. The second kappa shape index (κ2) is 15.4. The Morgan fingerprint density at radius 2 is 1.43 bits per heavy atom. The minimum atomic E-state index is -0.691. The van der Waals surface area contributed by atoms with Gasteiger partial charge in [0.05, 0.1) is 10.7 Å². The van der Waals surface area contributed by atoms with Crippen LogP contribution in [0.15, 0.2) is 138 Å². The number of carbonyl (C=O) groups excluding carboxylic acids is 3. The van der Waals surface area contributed by atoms with Crippen molar-refractivity contribution in [1.82, 2.24) is 5.32 Å². The van der Waals surface area contributed by atoms with Crippen LogP contribution in [0.1, 0.15) is 26.7 Å². The highest BCUT2D eigenvalue weighted by Crippen LogP contribution is 2.38. The number of amides is 3. The van der Waals surface area contributed by atoms with Gasteiger partial charge in [0, 0.05) is 26.7 Å². The van der Waals surface area contributed by atoms with Crippen LogP contribution < -0.4 is 16.0 Å². The molecule has 6 nitrogen and oxygen atoms in total. The minimum Gasteiger partial charge on any atom is -0.323 e. The van der Waals surface area contributed by atoms with Crippen molar-refractivity contribution in [3.63, 3.8) is 0 Å². The lowest BCUT2D eigenvalue weighted by atomic mass is 10.1. The van der Waals surface area contributed by atoms with Gasteiger partial charge in [0.1, 0.15) is 16.8 Å². The lowest BCUT2D eigenvalue weighted by Gasteiger charge is -2.18. The molecule has 1 unspecified atom stereocenters. The van der Waals surface area contributed by atoms with Crippen LogP contribution in [0, 0.1) is 5.82 Å². The molecular weight excluding hydrogens is 644 g/mol. The Hall–Kier alpha value is -4.89. The third kappa shape index (κ3) is 8.63. The maximum absolute atomic E-state index is 14.5. The molecule has 0 aliphatic rings. The van der Waals surface area contributed by atoms with Crippen LogP contribution in [-0.2, 0) is 9.59 Å². The summed E-state index contributed by atoms with van der Waals surface area (Å²) in [4.78, 5) is 40.7. The van der Waals surface area contributed by atoms with Crippen LogP contribution in [0.4, 0.5) is 15.8 Å². The van der Waals surface area contributed by atoms with Crippen molar-refractivity contribution < 1.29 is 18.8 Å². The highest BCUT2D eigenvalue weighted by molar-refractivity contribution is 8.00. The van der Waals surface area contributed by atoms with Crippen molar-refractivity contribution in [2.75, 3.05) is 10.6 Å². The van der Waals surface area contributed by atoms with Crippen LogP contribution in [0.3, 0.4) is 0 Å². The van der Waals surface area contributed by atoms with Gasteiger partial charge in [0.15, 0.2) is 0 Å². The number of rotatable bonds is 10. The Labute approximate surface area is 279 Å². The quantitative estimate of drug-likeness (QED) is 0.102. The van der Waals surface area contributed by atoms with Crippen molar-refractivity contribution in [2.45, 2.75) is 10.1 Å². The topological polar surface area (TPSA) is 87.3 Å². The maximum atomic E-state index is 14.5. The zero-order chi connectivity index (χ0) is 32.5. The van der Waals surface area contributed by atoms with Crippen molar-refractivity contribution in [2.24, 2.45) is 0 Å². The number of anilines is 2. The first-order valence-electron chi connectivity index (χ1n) is 14.0. The van der Waals surface area contributed by atoms with Gasteiger partial charge in [0.25, 0.3) is 11.8 Å². The monoisotopic (exact) mass is 669 g/mol. The van der Waals surface area contributed by atoms with Crippen molar-refractivity contribution in [3.8, 4) is 0 Å². The molecule has 5 aromatic rings. The van der Waals surface area contributed by atoms with Crippen molar-refractivity contribution >= 4 is 70.1 Å². The van der Waals surface area contributed by atoms with Crippen LogP contribution in [0.25, 0.3) is 6.08 Å². The number of carbonyl (C=O) groups is 3. The molecule has 0 bridgehead atoms. The zero-order valence-corrected chi connectivity index (χ0v) is 26.4. The molecule has 0 fully saturated rings. The highest BCUT2D eigenvalue weighted by Gasteiger charge is 2.24. The molecule has 0 aliphatic carbocycles. The number of nitrogens with one attached hydrogen (secondary N) is 3. The van der Waals surface area contributed by atoms with Gasteiger partial charge in [0.2, 0.25) is 5.91 Å². The Morgan fingerprint density at radius 1 is 0.739 bits per heavy atom. The van der Waals surface area contributed by atoms with Gasteiger partial charge < -0.3 is 16.0 Å². The average Bonchev–Trinajstić information content (AvgIpc) is 3.07. The fourth-order valence-corrected chi connectivity index (χ4v) is 5.78.